The van der Waals surface area contributed by atoms with Gasteiger partial charge in [-0.15, -0.1) is 23.4 Å². The number of hydrazine groups is 1. The van der Waals surface area contributed by atoms with Crippen molar-refractivity contribution in [1.82, 2.24) is 36.6 Å². The smallest absolute Gasteiger partial charge is 0.241 e. The van der Waals surface area contributed by atoms with Crippen molar-refractivity contribution in [2.24, 2.45) is 17.8 Å². The average molecular weight is 544 g/mol. The summed E-state index contributed by atoms with van der Waals surface area (Å²) in [6.45, 7) is 7.10. The predicted octanol–water partition coefficient (Wildman–Crippen LogP) is -0.297. The minimum Gasteiger partial charge on any atom is -0.380 e. The van der Waals surface area contributed by atoms with E-state index in [0.29, 0.717) is 31.7 Å². The topological polar surface area (TPSA) is 110 Å². The van der Waals surface area contributed by atoms with Crippen LogP contribution in [0.1, 0.15) is 33.1 Å². The lowest BCUT2D eigenvalue weighted by molar-refractivity contribution is -0.133. The molecule has 5 fully saturated rings. The molecule has 2 amide bonds. The van der Waals surface area contributed by atoms with Gasteiger partial charge in [0.1, 0.15) is 11.5 Å². The molecule has 12 heteroatoms. The van der Waals surface area contributed by atoms with Crippen LogP contribution in [0.25, 0.3) is 0 Å². The number of alkyl halides is 1. The second-order valence-electron chi connectivity index (χ2n) is 11.3. The van der Waals surface area contributed by atoms with E-state index < -0.39 is 0 Å². The van der Waals surface area contributed by atoms with Gasteiger partial charge >= 0.3 is 0 Å². The molecule has 0 spiro atoms. The highest BCUT2D eigenvalue weighted by Crippen LogP contribution is 2.38. The van der Waals surface area contributed by atoms with Crippen LogP contribution in [0.3, 0.4) is 0 Å². The van der Waals surface area contributed by atoms with Crippen LogP contribution in [0.15, 0.2) is 0 Å². The van der Waals surface area contributed by atoms with E-state index in [1.54, 1.807) is 18.9 Å². The van der Waals surface area contributed by atoms with Crippen LogP contribution in [0.4, 0.5) is 0 Å². The summed E-state index contributed by atoms with van der Waals surface area (Å²) in [6, 6.07) is 0.772. The standard InChI is InChI=1S/C24H42ClN7O3S/c1-12-5-14(15-7-21(25)27-9-19(15)35-4)16(8-26-12)22(33)29-24-28-18-10-32(11-20(18)36-24)23(34)17-6-13(2)31(3)30-17/h12-21,24,26-28,30H,5-11H2,1-4H3,(H,29,33). The normalized spacial score (nSPS) is 45.6. The molecule has 0 bridgehead atoms. The molecule has 5 heterocycles. The largest absolute Gasteiger partial charge is 0.380 e. The van der Waals surface area contributed by atoms with E-state index in [9.17, 15) is 9.59 Å². The van der Waals surface area contributed by atoms with Gasteiger partial charge in [0.05, 0.1) is 17.5 Å². The highest BCUT2D eigenvalue weighted by atomic mass is 35.5. The van der Waals surface area contributed by atoms with Crippen LogP contribution in [-0.2, 0) is 14.3 Å². The molecule has 10 nitrogen and oxygen atoms in total. The van der Waals surface area contributed by atoms with Gasteiger partial charge in [-0.2, -0.15) is 0 Å². The van der Waals surface area contributed by atoms with Crippen molar-refractivity contribution in [2.75, 3.05) is 40.3 Å². The number of rotatable bonds is 5. The third kappa shape index (κ3) is 5.54. The number of nitrogens with zero attached hydrogens (tertiary/aromatic N) is 2. The summed E-state index contributed by atoms with van der Waals surface area (Å²) in [7, 11) is 3.74. The number of nitrogens with one attached hydrogen (secondary N) is 5. The molecule has 0 saturated carbocycles. The van der Waals surface area contributed by atoms with E-state index in [2.05, 4.69) is 40.5 Å². The number of methoxy groups -OCH3 is 1. The Kier molecular flexibility index (Phi) is 8.39. The third-order valence-corrected chi connectivity index (χ3v) is 10.6. The van der Waals surface area contributed by atoms with Gasteiger partial charge in [0.15, 0.2) is 0 Å². The van der Waals surface area contributed by atoms with E-state index in [1.807, 2.05) is 17.0 Å². The van der Waals surface area contributed by atoms with E-state index in [1.165, 1.54) is 0 Å². The maximum absolute atomic E-state index is 13.5. The monoisotopic (exact) mass is 543 g/mol. The van der Waals surface area contributed by atoms with Gasteiger partial charge in [-0.1, -0.05) is 0 Å². The van der Waals surface area contributed by atoms with Crippen LogP contribution in [0, 0.1) is 17.8 Å². The summed E-state index contributed by atoms with van der Waals surface area (Å²) in [5, 5.41) is 16.0. The van der Waals surface area contributed by atoms with Crippen molar-refractivity contribution in [1.29, 1.82) is 0 Å². The van der Waals surface area contributed by atoms with Gasteiger partial charge in [-0.25, -0.2) is 10.4 Å². The zero-order valence-electron chi connectivity index (χ0n) is 21.7. The molecule has 5 N–H and O–H groups in total. The lowest BCUT2D eigenvalue weighted by Gasteiger charge is -2.45. The number of carbonyl (C=O) groups is 2. The first-order valence-corrected chi connectivity index (χ1v) is 14.7. The van der Waals surface area contributed by atoms with Crippen molar-refractivity contribution in [2.45, 2.75) is 79.6 Å². The van der Waals surface area contributed by atoms with E-state index in [0.717, 1.165) is 25.8 Å². The number of halogens is 1. The molecule has 0 radical (unpaired) electrons. The van der Waals surface area contributed by atoms with Crippen LogP contribution in [0.2, 0.25) is 0 Å². The van der Waals surface area contributed by atoms with Crippen molar-refractivity contribution >= 4 is 35.2 Å². The van der Waals surface area contributed by atoms with Crippen LogP contribution in [-0.4, -0.2) is 109 Å². The molecule has 5 saturated heterocycles. The molecule has 5 aliphatic rings. The number of amides is 2. The number of ether oxygens (including phenoxy) is 1. The quantitative estimate of drug-likeness (QED) is 0.236. The highest BCUT2D eigenvalue weighted by molar-refractivity contribution is 8.00. The molecule has 11 unspecified atom stereocenters. The number of hydrogen-bond donors (Lipinski definition) is 5. The summed E-state index contributed by atoms with van der Waals surface area (Å²) in [4.78, 5) is 28.5. The Morgan fingerprint density at radius 3 is 2.58 bits per heavy atom. The fourth-order valence-corrected chi connectivity index (χ4v) is 8.45. The van der Waals surface area contributed by atoms with Crippen molar-refractivity contribution < 1.29 is 14.3 Å². The van der Waals surface area contributed by atoms with Crippen LogP contribution >= 0.6 is 23.4 Å². The Balaban J connectivity index is 1.16. The van der Waals surface area contributed by atoms with Gasteiger partial charge in [0.25, 0.3) is 0 Å². The number of fused-ring (bicyclic) bond motifs is 1. The fourth-order valence-electron chi connectivity index (χ4n) is 6.75. The van der Waals surface area contributed by atoms with Crippen LogP contribution in [0.5, 0.6) is 0 Å². The molecule has 36 heavy (non-hydrogen) atoms. The average Bonchev–Trinajstić information content (AvgIpc) is 3.51. The van der Waals surface area contributed by atoms with Gasteiger partial charge in [-0.3, -0.25) is 20.2 Å². The summed E-state index contributed by atoms with van der Waals surface area (Å²) in [5.74, 6) is 0.602. The predicted molar refractivity (Wildman–Crippen MR) is 141 cm³/mol. The van der Waals surface area contributed by atoms with Crippen molar-refractivity contribution in [3.05, 3.63) is 0 Å². The summed E-state index contributed by atoms with van der Waals surface area (Å²) < 4.78 is 5.80. The summed E-state index contributed by atoms with van der Waals surface area (Å²) in [6.07, 6.45) is 2.63. The molecule has 5 aliphatic heterocycles. The molecule has 0 aromatic heterocycles. The van der Waals surface area contributed by atoms with Crippen molar-refractivity contribution in [3.63, 3.8) is 0 Å². The molecule has 0 aliphatic carbocycles. The SMILES string of the molecule is COC1CNC(Cl)CC1C1CC(C)NCC1C(=O)NC1NC2CN(C(=O)C3CC(C)N(C)N3)CC2S1. The zero-order valence-corrected chi connectivity index (χ0v) is 23.3. The second-order valence-corrected chi connectivity index (χ2v) is 13.2. The number of piperidine rings is 2. The Morgan fingerprint density at radius 1 is 1.08 bits per heavy atom. The van der Waals surface area contributed by atoms with E-state index in [4.69, 9.17) is 16.3 Å². The number of hydrogen-bond acceptors (Lipinski definition) is 9. The molecular weight excluding hydrogens is 502 g/mol. The van der Waals surface area contributed by atoms with Gasteiger partial charge in [0, 0.05) is 63.7 Å². The summed E-state index contributed by atoms with van der Waals surface area (Å²) in [5.41, 5.74) is 3.07. The first-order valence-electron chi connectivity index (χ1n) is 13.4. The highest BCUT2D eigenvalue weighted by Gasteiger charge is 2.47. The molecule has 0 aromatic carbocycles. The lowest BCUT2D eigenvalue weighted by atomic mass is 9.70. The Labute approximate surface area is 223 Å². The first-order chi connectivity index (χ1) is 17.2. The van der Waals surface area contributed by atoms with Gasteiger partial charge in [0.2, 0.25) is 11.8 Å². The minimum absolute atomic E-state index is 0.0598. The third-order valence-electron chi connectivity index (χ3n) is 8.94. The van der Waals surface area contributed by atoms with Crippen LogP contribution < -0.4 is 26.7 Å². The van der Waals surface area contributed by atoms with Crippen molar-refractivity contribution in [3.8, 4) is 0 Å². The Morgan fingerprint density at radius 2 is 1.89 bits per heavy atom. The molecule has 11 atom stereocenters. The number of carbonyl (C=O) groups excluding carboxylic acids is 2. The number of thioether (sulfide) groups is 1. The summed E-state index contributed by atoms with van der Waals surface area (Å²) >= 11 is 8.20. The minimum atomic E-state index is -0.138. The molecule has 5 rings (SSSR count). The maximum atomic E-state index is 13.5. The van der Waals surface area contributed by atoms with Gasteiger partial charge < -0.3 is 20.3 Å². The molecular formula is C24H42ClN7O3S. The first kappa shape index (κ1) is 26.9. The lowest BCUT2D eigenvalue weighted by Crippen LogP contribution is -2.57. The molecule has 204 valence electrons. The molecule has 0 aromatic rings. The second kappa shape index (κ2) is 11.2. The Bertz CT molecular complexity index is 803. The van der Waals surface area contributed by atoms with E-state index >= 15 is 0 Å². The zero-order chi connectivity index (χ0) is 25.6. The van der Waals surface area contributed by atoms with Gasteiger partial charge in [-0.05, 0) is 44.9 Å². The van der Waals surface area contributed by atoms with E-state index in [-0.39, 0.29) is 64.0 Å². The fraction of sp³-hybridized carbons (Fsp3) is 0.917. The Hall–Kier alpha value is -0.660. The maximum Gasteiger partial charge on any atom is 0.241 e. The number of likely N-dealkylation sites (tertiary alicyclic amines) is 1.